The number of carbonyl (C=O) groups excluding carboxylic acids is 1. The van der Waals surface area contributed by atoms with Gasteiger partial charge in [-0.25, -0.2) is 8.42 Å². The zero-order valence-electron chi connectivity index (χ0n) is 13.4. The van der Waals surface area contributed by atoms with Crippen molar-refractivity contribution in [1.29, 1.82) is 0 Å². The first-order valence-corrected chi connectivity index (χ1v) is 10.1. The average Bonchev–Trinajstić information content (AvgIpc) is 2.95. The molecular weight excluding hydrogens is 392 g/mol. The Morgan fingerprint density at radius 3 is 2.62 bits per heavy atom. The van der Waals surface area contributed by atoms with Crippen LogP contribution in [0.4, 0.5) is 11.4 Å². The third kappa shape index (κ3) is 3.06. The van der Waals surface area contributed by atoms with E-state index in [0.717, 1.165) is 32.7 Å². The van der Waals surface area contributed by atoms with E-state index in [1.54, 1.807) is 29.2 Å². The maximum Gasteiger partial charge on any atom is 0.260 e. The van der Waals surface area contributed by atoms with Crippen LogP contribution in [0.2, 0.25) is 0 Å². The van der Waals surface area contributed by atoms with Crippen molar-refractivity contribution < 1.29 is 13.2 Å². The van der Waals surface area contributed by atoms with Gasteiger partial charge in [0.15, 0.2) is 0 Å². The van der Waals surface area contributed by atoms with Crippen LogP contribution in [0.25, 0.3) is 0 Å². The van der Waals surface area contributed by atoms with Crippen molar-refractivity contribution in [2.45, 2.75) is 6.42 Å². The van der Waals surface area contributed by atoms with E-state index in [9.17, 15) is 13.2 Å². The predicted molar refractivity (Wildman–Crippen MR) is 99.2 cm³/mol. The largest absolute Gasteiger partial charge is 0.308 e. The van der Waals surface area contributed by atoms with E-state index in [4.69, 9.17) is 0 Å². The van der Waals surface area contributed by atoms with Crippen LogP contribution >= 0.6 is 15.9 Å². The fourth-order valence-corrected chi connectivity index (χ4v) is 3.76. The number of benzene rings is 2. The van der Waals surface area contributed by atoms with Crippen molar-refractivity contribution in [3.05, 3.63) is 58.1 Å². The Kier molecular flexibility index (Phi) is 4.40. The summed E-state index contributed by atoms with van der Waals surface area (Å²) in [7, 11) is -1.99. The fourth-order valence-electron chi connectivity index (χ4n) is 2.83. The van der Waals surface area contributed by atoms with Gasteiger partial charge in [0.05, 0.1) is 17.5 Å². The first kappa shape index (κ1) is 17.0. The molecule has 0 unspecified atom stereocenters. The SMILES string of the molecule is CN(c1ccccc1C(=O)N1CCc2cc(Br)ccc21)S(C)(=O)=O. The Morgan fingerprint density at radius 1 is 1.21 bits per heavy atom. The number of carbonyl (C=O) groups is 1. The van der Waals surface area contributed by atoms with E-state index in [-0.39, 0.29) is 5.91 Å². The lowest BCUT2D eigenvalue weighted by molar-refractivity contribution is 0.0990. The van der Waals surface area contributed by atoms with Crippen LogP contribution < -0.4 is 9.21 Å². The summed E-state index contributed by atoms with van der Waals surface area (Å²) in [6.07, 6.45) is 1.90. The van der Waals surface area contributed by atoms with Gasteiger partial charge in [0, 0.05) is 23.8 Å². The second kappa shape index (κ2) is 6.22. The first-order chi connectivity index (χ1) is 11.3. The maximum absolute atomic E-state index is 13.0. The Labute approximate surface area is 150 Å². The first-order valence-electron chi connectivity index (χ1n) is 7.42. The molecule has 2 aromatic rings. The number of hydrogen-bond acceptors (Lipinski definition) is 3. The minimum absolute atomic E-state index is 0.192. The molecule has 5 nitrogen and oxygen atoms in total. The van der Waals surface area contributed by atoms with E-state index in [1.165, 1.54) is 7.05 Å². The highest BCUT2D eigenvalue weighted by Gasteiger charge is 2.28. The van der Waals surface area contributed by atoms with Crippen molar-refractivity contribution in [1.82, 2.24) is 0 Å². The molecule has 0 N–H and O–H groups in total. The van der Waals surface area contributed by atoms with Crippen LogP contribution in [0, 0.1) is 0 Å². The highest BCUT2D eigenvalue weighted by atomic mass is 79.9. The number of halogens is 1. The number of hydrogen-bond donors (Lipinski definition) is 0. The van der Waals surface area contributed by atoms with Gasteiger partial charge in [-0.2, -0.15) is 0 Å². The van der Waals surface area contributed by atoms with Crippen molar-refractivity contribution in [2.75, 3.05) is 29.1 Å². The van der Waals surface area contributed by atoms with Gasteiger partial charge in [0.1, 0.15) is 0 Å². The second-order valence-electron chi connectivity index (χ2n) is 5.73. The molecule has 24 heavy (non-hydrogen) atoms. The summed E-state index contributed by atoms with van der Waals surface area (Å²) in [5, 5.41) is 0. The molecule has 3 rings (SSSR count). The summed E-state index contributed by atoms with van der Waals surface area (Å²) in [6.45, 7) is 0.585. The zero-order valence-corrected chi connectivity index (χ0v) is 15.8. The molecule has 0 bridgehead atoms. The zero-order chi connectivity index (χ0) is 17.5. The molecule has 0 saturated carbocycles. The summed E-state index contributed by atoms with van der Waals surface area (Å²) in [5.74, 6) is -0.192. The molecule has 0 radical (unpaired) electrons. The van der Waals surface area contributed by atoms with Crippen molar-refractivity contribution >= 4 is 43.2 Å². The van der Waals surface area contributed by atoms with Gasteiger partial charge in [-0.15, -0.1) is 0 Å². The van der Waals surface area contributed by atoms with Gasteiger partial charge >= 0.3 is 0 Å². The molecule has 0 atom stereocenters. The molecule has 1 aliphatic heterocycles. The number of rotatable bonds is 3. The molecule has 0 fully saturated rings. The van der Waals surface area contributed by atoms with Gasteiger partial charge in [-0.05, 0) is 42.3 Å². The quantitative estimate of drug-likeness (QED) is 0.783. The highest BCUT2D eigenvalue weighted by molar-refractivity contribution is 9.10. The van der Waals surface area contributed by atoms with Crippen LogP contribution in [0.1, 0.15) is 15.9 Å². The molecule has 126 valence electrons. The monoisotopic (exact) mass is 408 g/mol. The second-order valence-corrected chi connectivity index (χ2v) is 8.66. The standard InChI is InChI=1S/C17H17BrN2O3S/c1-19(24(2,22)23)16-6-4-3-5-14(16)17(21)20-10-9-12-11-13(18)7-8-15(12)20/h3-8,11H,9-10H2,1-2H3. The predicted octanol–water partition coefficient (Wildman–Crippen LogP) is 3.05. The van der Waals surface area contributed by atoms with Gasteiger partial charge in [-0.3, -0.25) is 9.10 Å². The van der Waals surface area contributed by atoms with E-state index in [2.05, 4.69) is 15.9 Å². The topological polar surface area (TPSA) is 57.7 Å². The summed E-state index contributed by atoms with van der Waals surface area (Å²) in [5.41, 5.74) is 2.74. The highest BCUT2D eigenvalue weighted by Crippen LogP contribution is 2.33. The minimum atomic E-state index is -3.45. The van der Waals surface area contributed by atoms with E-state index in [0.29, 0.717) is 17.8 Å². The maximum atomic E-state index is 13.0. The summed E-state index contributed by atoms with van der Waals surface area (Å²) >= 11 is 3.44. The Bertz CT molecular complexity index is 912. The fraction of sp³-hybridized carbons (Fsp3) is 0.235. The van der Waals surface area contributed by atoms with Gasteiger partial charge < -0.3 is 4.90 Å². The van der Waals surface area contributed by atoms with Crippen molar-refractivity contribution in [3.8, 4) is 0 Å². The number of nitrogens with zero attached hydrogens (tertiary/aromatic N) is 2. The molecule has 2 aromatic carbocycles. The normalized spacial score (nSPS) is 13.7. The van der Waals surface area contributed by atoms with E-state index >= 15 is 0 Å². The lowest BCUT2D eigenvalue weighted by Crippen LogP contribution is -2.32. The Morgan fingerprint density at radius 2 is 1.92 bits per heavy atom. The van der Waals surface area contributed by atoms with Gasteiger partial charge in [0.2, 0.25) is 10.0 Å². The van der Waals surface area contributed by atoms with Crippen LogP contribution in [0.3, 0.4) is 0 Å². The number of anilines is 2. The molecular formula is C17H17BrN2O3S. The van der Waals surface area contributed by atoms with Crippen molar-refractivity contribution in [3.63, 3.8) is 0 Å². The molecule has 0 spiro atoms. The summed E-state index contributed by atoms with van der Waals surface area (Å²) in [6, 6.07) is 12.6. The number of para-hydroxylation sites is 1. The van der Waals surface area contributed by atoms with Crippen LogP contribution in [0.5, 0.6) is 0 Å². The molecule has 0 aliphatic carbocycles. The number of fused-ring (bicyclic) bond motifs is 1. The lowest BCUT2D eigenvalue weighted by Gasteiger charge is -2.23. The summed E-state index contributed by atoms with van der Waals surface area (Å²) in [4.78, 5) is 14.7. The molecule has 0 aromatic heterocycles. The minimum Gasteiger partial charge on any atom is -0.308 e. The van der Waals surface area contributed by atoms with E-state index in [1.807, 2.05) is 18.2 Å². The van der Waals surface area contributed by atoms with Crippen molar-refractivity contribution in [2.24, 2.45) is 0 Å². The number of amides is 1. The third-order valence-electron chi connectivity index (χ3n) is 4.15. The van der Waals surface area contributed by atoms with Gasteiger partial charge in [-0.1, -0.05) is 28.1 Å². The lowest BCUT2D eigenvalue weighted by atomic mass is 10.1. The molecule has 0 saturated heterocycles. The molecule has 7 heteroatoms. The Hall–Kier alpha value is -1.86. The van der Waals surface area contributed by atoms with Crippen LogP contribution in [-0.4, -0.2) is 34.2 Å². The number of sulfonamides is 1. The summed E-state index contributed by atoms with van der Waals surface area (Å²) < 4.78 is 25.8. The average molecular weight is 409 g/mol. The Balaban J connectivity index is 2.02. The van der Waals surface area contributed by atoms with Crippen LogP contribution in [-0.2, 0) is 16.4 Å². The smallest absolute Gasteiger partial charge is 0.260 e. The molecule has 1 aliphatic rings. The molecule has 1 heterocycles. The van der Waals surface area contributed by atoms with E-state index < -0.39 is 10.0 Å². The van der Waals surface area contributed by atoms with Crippen LogP contribution in [0.15, 0.2) is 46.9 Å². The third-order valence-corrected chi connectivity index (χ3v) is 5.84. The van der Waals surface area contributed by atoms with Gasteiger partial charge in [0.25, 0.3) is 5.91 Å². The molecule has 1 amide bonds.